The molecule has 0 aliphatic carbocycles. The van der Waals surface area contributed by atoms with Gasteiger partial charge in [0, 0.05) is 10.6 Å². The third-order valence-electron chi connectivity index (χ3n) is 3.36. The standard InChI is InChI=1S/C19H19ClO4/c1-3-10-24-18-9-6-15(20)11-14(18)12-17(19(21)22)13-4-7-16(23-2)8-5-13/h4-9,11-12H,3,10H2,1-2H3,(H,21,22)/b17-12-. The van der Waals surface area contributed by atoms with E-state index in [1.807, 2.05) is 6.92 Å². The summed E-state index contributed by atoms with van der Waals surface area (Å²) in [5.74, 6) is 0.244. The summed E-state index contributed by atoms with van der Waals surface area (Å²) in [6.45, 7) is 2.55. The molecule has 0 heterocycles. The highest BCUT2D eigenvalue weighted by Crippen LogP contribution is 2.28. The van der Waals surface area contributed by atoms with Gasteiger partial charge in [0.05, 0.1) is 19.3 Å². The van der Waals surface area contributed by atoms with E-state index in [9.17, 15) is 9.90 Å². The molecule has 0 unspecified atom stereocenters. The van der Waals surface area contributed by atoms with Crippen molar-refractivity contribution in [3.05, 3.63) is 58.6 Å². The summed E-state index contributed by atoms with van der Waals surface area (Å²) >= 11 is 6.05. The Hall–Kier alpha value is -2.46. The number of benzene rings is 2. The number of hydrogen-bond acceptors (Lipinski definition) is 3. The molecule has 0 aromatic heterocycles. The lowest BCUT2D eigenvalue weighted by Crippen LogP contribution is -2.01. The smallest absolute Gasteiger partial charge is 0.336 e. The first-order chi connectivity index (χ1) is 11.5. The van der Waals surface area contributed by atoms with Gasteiger partial charge in [0.15, 0.2) is 0 Å². The molecular formula is C19H19ClO4. The van der Waals surface area contributed by atoms with Crippen LogP contribution in [-0.2, 0) is 4.79 Å². The minimum Gasteiger partial charge on any atom is -0.497 e. The second-order valence-electron chi connectivity index (χ2n) is 5.12. The van der Waals surface area contributed by atoms with Gasteiger partial charge in [-0.2, -0.15) is 0 Å². The zero-order valence-corrected chi connectivity index (χ0v) is 14.3. The van der Waals surface area contributed by atoms with Crippen LogP contribution in [0.1, 0.15) is 24.5 Å². The Kier molecular flexibility index (Phi) is 6.27. The highest BCUT2D eigenvalue weighted by Gasteiger charge is 2.13. The molecule has 2 aromatic rings. The van der Waals surface area contributed by atoms with Gasteiger partial charge < -0.3 is 14.6 Å². The number of hydrogen-bond donors (Lipinski definition) is 1. The molecule has 4 nitrogen and oxygen atoms in total. The first-order valence-corrected chi connectivity index (χ1v) is 7.94. The monoisotopic (exact) mass is 346 g/mol. The quantitative estimate of drug-likeness (QED) is 0.580. The van der Waals surface area contributed by atoms with E-state index in [4.69, 9.17) is 21.1 Å². The second kappa shape index (κ2) is 8.41. The molecule has 0 aliphatic heterocycles. The Morgan fingerprint density at radius 3 is 2.50 bits per heavy atom. The molecule has 5 heteroatoms. The first kappa shape index (κ1) is 17.9. The second-order valence-corrected chi connectivity index (χ2v) is 5.56. The fourth-order valence-electron chi connectivity index (χ4n) is 2.17. The van der Waals surface area contributed by atoms with Gasteiger partial charge in [-0.3, -0.25) is 0 Å². The lowest BCUT2D eigenvalue weighted by atomic mass is 10.0. The molecule has 0 radical (unpaired) electrons. The third-order valence-corrected chi connectivity index (χ3v) is 3.60. The van der Waals surface area contributed by atoms with Crippen molar-refractivity contribution >= 4 is 29.2 Å². The molecule has 2 aromatic carbocycles. The van der Waals surface area contributed by atoms with E-state index in [1.165, 1.54) is 0 Å². The van der Waals surface area contributed by atoms with Crippen LogP contribution >= 0.6 is 11.6 Å². The highest BCUT2D eigenvalue weighted by molar-refractivity contribution is 6.31. The van der Waals surface area contributed by atoms with Crippen molar-refractivity contribution in [2.45, 2.75) is 13.3 Å². The van der Waals surface area contributed by atoms with Crippen molar-refractivity contribution in [3.8, 4) is 11.5 Å². The average molecular weight is 347 g/mol. The van der Waals surface area contributed by atoms with Crippen LogP contribution in [0, 0.1) is 0 Å². The summed E-state index contributed by atoms with van der Waals surface area (Å²) < 4.78 is 10.8. The molecule has 0 saturated heterocycles. The molecule has 0 spiro atoms. The Bertz CT molecular complexity index is 736. The van der Waals surface area contributed by atoms with Crippen LogP contribution in [0.15, 0.2) is 42.5 Å². The molecular weight excluding hydrogens is 328 g/mol. The molecule has 0 bridgehead atoms. The molecule has 0 fully saturated rings. The van der Waals surface area contributed by atoms with Gasteiger partial charge >= 0.3 is 5.97 Å². The summed E-state index contributed by atoms with van der Waals surface area (Å²) in [6.07, 6.45) is 2.43. The zero-order valence-electron chi connectivity index (χ0n) is 13.6. The van der Waals surface area contributed by atoms with Crippen LogP contribution < -0.4 is 9.47 Å². The first-order valence-electron chi connectivity index (χ1n) is 7.57. The predicted octanol–water partition coefficient (Wildman–Crippen LogP) is 4.76. The molecule has 2 rings (SSSR count). The van der Waals surface area contributed by atoms with Crippen LogP contribution in [0.5, 0.6) is 11.5 Å². The molecule has 0 saturated carbocycles. The van der Waals surface area contributed by atoms with E-state index in [0.29, 0.717) is 34.3 Å². The van der Waals surface area contributed by atoms with E-state index in [0.717, 1.165) is 6.42 Å². The third kappa shape index (κ3) is 4.52. The Balaban J connectivity index is 2.46. The van der Waals surface area contributed by atoms with Gasteiger partial charge in [-0.05, 0) is 48.4 Å². The molecule has 1 N–H and O–H groups in total. The van der Waals surface area contributed by atoms with Gasteiger partial charge in [0.2, 0.25) is 0 Å². The van der Waals surface area contributed by atoms with Crippen LogP contribution in [0.4, 0.5) is 0 Å². The highest BCUT2D eigenvalue weighted by atomic mass is 35.5. The number of ether oxygens (including phenoxy) is 2. The van der Waals surface area contributed by atoms with Crippen molar-refractivity contribution in [3.63, 3.8) is 0 Å². The van der Waals surface area contributed by atoms with Crippen LogP contribution in [0.2, 0.25) is 5.02 Å². The zero-order chi connectivity index (χ0) is 17.5. The number of methoxy groups -OCH3 is 1. The normalized spacial score (nSPS) is 11.2. The van der Waals surface area contributed by atoms with Crippen molar-refractivity contribution in [1.82, 2.24) is 0 Å². The molecule has 0 amide bonds. The predicted molar refractivity (Wildman–Crippen MR) is 95.7 cm³/mol. The van der Waals surface area contributed by atoms with Crippen molar-refractivity contribution in [2.24, 2.45) is 0 Å². The maximum atomic E-state index is 11.7. The van der Waals surface area contributed by atoms with E-state index < -0.39 is 5.97 Å². The van der Waals surface area contributed by atoms with E-state index in [2.05, 4.69) is 0 Å². The summed E-state index contributed by atoms with van der Waals surface area (Å²) in [7, 11) is 1.56. The average Bonchev–Trinajstić information content (AvgIpc) is 2.58. The van der Waals surface area contributed by atoms with Gasteiger partial charge in [-0.15, -0.1) is 0 Å². The van der Waals surface area contributed by atoms with Gasteiger partial charge in [-0.1, -0.05) is 30.7 Å². The summed E-state index contributed by atoms with van der Waals surface area (Å²) in [5.41, 5.74) is 1.36. The van der Waals surface area contributed by atoms with Gasteiger partial charge in [0.1, 0.15) is 11.5 Å². The molecule has 126 valence electrons. The number of carboxylic acids is 1. The molecule has 0 atom stereocenters. The van der Waals surface area contributed by atoms with Crippen molar-refractivity contribution < 1.29 is 19.4 Å². The number of rotatable bonds is 7. The fraction of sp³-hybridized carbons (Fsp3) is 0.211. The topological polar surface area (TPSA) is 55.8 Å². The summed E-state index contributed by atoms with van der Waals surface area (Å²) in [5, 5.41) is 10.1. The van der Waals surface area contributed by atoms with Gasteiger partial charge in [0.25, 0.3) is 0 Å². The van der Waals surface area contributed by atoms with Gasteiger partial charge in [-0.25, -0.2) is 4.79 Å². The Labute approximate surface area is 146 Å². The largest absolute Gasteiger partial charge is 0.497 e. The summed E-state index contributed by atoms with van der Waals surface area (Å²) in [4.78, 5) is 11.7. The number of carboxylic acid groups (broad SMARTS) is 1. The van der Waals surface area contributed by atoms with Crippen LogP contribution in [-0.4, -0.2) is 24.8 Å². The molecule has 24 heavy (non-hydrogen) atoms. The maximum Gasteiger partial charge on any atom is 0.336 e. The van der Waals surface area contributed by atoms with Crippen LogP contribution in [0.25, 0.3) is 11.6 Å². The van der Waals surface area contributed by atoms with E-state index in [-0.39, 0.29) is 5.57 Å². The number of halogens is 1. The lowest BCUT2D eigenvalue weighted by Gasteiger charge is -2.10. The van der Waals surface area contributed by atoms with Crippen molar-refractivity contribution in [2.75, 3.05) is 13.7 Å². The Morgan fingerprint density at radius 2 is 1.92 bits per heavy atom. The molecule has 0 aliphatic rings. The van der Waals surface area contributed by atoms with Crippen LogP contribution in [0.3, 0.4) is 0 Å². The lowest BCUT2D eigenvalue weighted by molar-refractivity contribution is -0.130. The fourth-order valence-corrected chi connectivity index (χ4v) is 2.35. The van der Waals surface area contributed by atoms with Crippen molar-refractivity contribution in [1.29, 1.82) is 0 Å². The van der Waals surface area contributed by atoms with E-state index >= 15 is 0 Å². The number of carbonyl (C=O) groups is 1. The maximum absolute atomic E-state index is 11.7. The van der Waals surface area contributed by atoms with E-state index in [1.54, 1.807) is 55.7 Å². The minimum absolute atomic E-state index is 0.154. The Morgan fingerprint density at radius 1 is 1.21 bits per heavy atom. The summed E-state index contributed by atoms with van der Waals surface area (Å²) in [6, 6.07) is 12.0. The minimum atomic E-state index is -1.03. The SMILES string of the molecule is CCCOc1ccc(Cl)cc1/C=C(\C(=O)O)c1ccc(OC)cc1. The number of aliphatic carboxylic acids is 1.